The lowest BCUT2D eigenvalue weighted by Gasteiger charge is -2.38. The summed E-state index contributed by atoms with van der Waals surface area (Å²) in [6.45, 7) is 1.23. The van der Waals surface area contributed by atoms with Crippen molar-refractivity contribution < 1.29 is 13.5 Å². The van der Waals surface area contributed by atoms with E-state index in [9.17, 15) is 8.78 Å². The van der Waals surface area contributed by atoms with E-state index in [1.807, 2.05) is 30.3 Å². The molecule has 1 aliphatic heterocycles. The molecule has 1 aromatic heterocycles. The summed E-state index contributed by atoms with van der Waals surface area (Å²) in [5, 5.41) is 3.33. The number of aromatic amines is 1. The van der Waals surface area contributed by atoms with E-state index < -0.39 is 11.6 Å². The molecular formula is C20H19F2N3O. The molecule has 3 aromatic rings. The molecule has 26 heavy (non-hydrogen) atoms. The number of ether oxygens (including phenoxy) is 1. The van der Waals surface area contributed by atoms with Gasteiger partial charge in [0, 0.05) is 42.9 Å². The first-order valence-corrected chi connectivity index (χ1v) is 8.57. The van der Waals surface area contributed by atoms with E-state index >= 15 is 0 Å². The highest BCUT2D eigenvalue weighted by Crippen LogP contribution is 2.38. The number of benzene rings is 2. The SMILES string of the molecule is Fc1cc(F)cc(C2CNCC(Oc3ccccc3)C2c2cnc[nH]2)c1. The average molecular weight is 355 g/mol. The monoisotopic (exact) mass is 355 g/mol. The number of rotatable bonds is 4. The summed E-state index contributed by atoms with van der Waals surface area (Å²) in [6, 6.07) is 13.2. The van der Waals surface area contributed by atoms with E-state index in [1.54, 1.807) is 12.5 Å². The molecule has 0 radical (unpaired) electrons. The topological polar surface area (TPSA) is 49.9 Å². The number of imidazole rings is 1. The van der Waals surface area contributed by atoms with Gasteiger partial charge in [-0.15, -0.1) is 0 Å². The summed E-state index contributed by atoms with van der Waals surface area (Å²) in [7, 11) is 0. The van der Waals surface area contributed by atoms with Crippen molar-refractivity contribution in [1.82, 2.24) is 15.3 Å². The lowest BCUT2D eigenvalue weighted by Crippen LogP contribution is -2.47. The van der Waals surface area contributed by atoms with Crippen LogP contribution in [0.2, 0.25) is 0 Å². The van der Waals surface area contributed by atoms with Crippen molar-refractivity contribution in [2.75, 3.05) is 13.1 Å². The van der Waals surface area contributed by atoms with E-state index in [-0.39, 0.29) is 17.9 Å². The minimum absolute atomic E-state index is 0.111. The lowest BCUT2D eigenvalue weighted by atomic mass is 9.78. The Bertz CT molecular complexity index is 835. The third kappa shape index (κ3) is 3.46. The number of hydrogen-bond acceptors (Lipinski definition) is 3. The van der Waals surface area contributed by atoms with Crippen molar-refractivity contribution >= 4 is 0 Å². The molecule has 3 atom stereocenters. The van der Waals surface area contributed by atoms with Crippen LogP contribution >= 0.6 is 0 Å². The lowest BCUT2D eigenvalue weighted by molar-refractivity contribution is 0.127. The zero-order valence-electron chi connectivity index (χ0n) is 14.0. The second-order valence-electron chi connectivity index (χ2n) is 6.47. The van der Waals surface area contributed by atoms with E-state index in [1.165, 1.54) is 12.1 Å². The molecule has 2 N–H and O–H groups in total. The van der Waals surface area contributed by atoms with Crippen molar-refractivity contribution in [2.24, 2.45) is 0 Å². The summed E-state index contributed by atoms with van der Waals surface area (Å²) >= 11 is 0. The number of para-hydroxylation sites is 1. The minimum atomic E-state index is -0.575. The normalized spacial score (nSPS) is 22.9. The molecule has 0 bridgehead atoms. The molecule has 4 rings (SSSR count). The van der Waals surface area contributed by atoms with Gasteiger partial charge in [0.05, 0.1) is 6.33 Å². The van der Waals surface area contributed by atoms with Crippen molar-refractivity contribution in [3.05, 3.63) is 83.9 Å². The third-order valence-electron chi connectivity index (χ3n) is 4.77. The molecule has 1 aliphatic rings. The highest BCUT2D eigenvalue weighted by atomic mass is 19.1. The van der Waals surface area contributed by atoms with Crippen molar-refractivity contribution in [3.8, 4) is 5.75 Å². The summed E-state index contributed by atoms with van der Waals surface area (Å²) in [4.78, 5) is 7.27. The smallest absolute Gasteiger partial charge is 0.126 e. The van der Waals surface area contributed by atoms with Gasteiger partial charge in [0.25, 0.3) is 0 Å². The Morgan fingerprint density at radius 2 is 1.77 bits per heavy atom. The van der Waals surface area contributed by atoms with Crippen LogP contribution in [0.5, 0.6) is 5.75 Å². The molecule has 1 fully saturated rings. The average Bonchev–Trinajstić information content (AvgIpc) is 3.16. The summed E-state index contributed by atoms with van der Waals surface area (Å²) in [5.74, 6) is -0.651. The Kier molecular flexibility index (Phi) is 4.67. The largest absolute Gasteiger partial charge is 0.488 e. The Balaban J connectivity index is 1.70. The maximum Gasteiger partial charge on any atom is 0.126 e. The van der Waals surface area contributed by atoms with Gasteiger partial charge >= 0.3 is 0 Å². The zero-order valence-corrected chi connectivity index (χ0v) is 14.0. The number of aromatic nitrogens is 2. The maximum absolute atomic E-state index is 13.8. The summed E-state index contributed by atoms with van der Waals surface area (Å²) in [6.07, 6.45) is 3.16. The molecule has 0 amide bonds. The first-order valence-electron chi connectivity index (χ1n) is 8.57. The van der Waals surface area contributed by atoms with Gasteiger partial charge in [0.2, 0.25) is 0 Å². The van der Waals surface area contributed by atoms with Crippen LogP contribution in [-0.2, 0) is 0 Å². The minimum Gasteiger partial charge on any atom is -0.488 e. The standard InChI is InChI=1S/C20H19F2N3O/c21-14-6-13(7-15(22)8-14)17-9-23-11-19(20(17)18-10-24-12-25-18)26-16-4-2-1-3-5-16/h1-8,10,12,17,19-20,23H,9,11H2,(H,24,25). The van der Waals surface area contributed by atoms with E-state index in [2.05, 4.69) is 15.3 Å². The molecule has 1 saturated heterocycles. The fourth-order valence-corrected chi connectivity index (χ4v) is 3.66. The third-order valence-corrected chi connectivity index (χ3v) is 4.77. The second-order valence-corrected chi connectivity index (χ2v) is 6.47. The van der Waals surface area contributed by atoms with Crippen LogP contribution in [-0.4, -0.2) is 29.2 Å². The number of nitrogens with zero attached hydrogens (tertiary/aromatic N) is 1. The van der Waals surface area contributed by atoms with Crippen molar-refractivity contribution in [2.45, 2.75) is 17.9 Å². The van der Waals surface area contributed by atoms with Gasteiger partial charge in [-0.2, -0.15) is 0 Å². The molecule has 0 saturated carbocycles. The van der Waals surface area contributed by atoms with Gasteiger partial charge in [0.15, 0.2) is 0 Å². The van der Waals surface area contributed by atoms with Gasteiger partial charge in [-0.3, -0.25) is 0 Å². The first kappa shape index (κ1) is 16.7. The van der Waals surface area contributed by atoms with Crippen LogP contribution in [0, 0.1) is 11.6 Å². The first-order chi connectivity index (χ1) is 12.7. The predicted octanol–water partition coefficient (Wildman–Crippen LogP) is 3.61. The molecule has 3 unspecified atom stereocenters. The van der Waals surface area contributed by atoms with Gasteiger partial charge in [-0.25, -0.2) is 13.8 Å². The fourth-order valence-electron chi connectivity index (χ4n) is 3.66. The zero-order chi connectivity index (χ0) is 17.9. The van der Waals surface area contributed by atoms with E-state index in [0.717, 1.165) is 17.5 Å². The molecule has 6 heteroatoms. The Morgan fingerprint density at radius 3 is 2.46 bits per heavy atom. The summed E-state index contributed by atoms with van der Waals surface area (Å²) in [5.41, 5.74) is 1.50. The maximum atomic E-state index is 13.8. The van der Waals surface area contributed by atoms with Gasteiger partial charge < -0.3 is 15.0 Å². The van der Waals surface area contributed by atoms with Gasteiger partial charge in [0.1, 0.15) is 23.5 Å². The molecule has 2 aromatic carbocycles. The van der Waals surface area contributed by atoms with Crippen molar-refractivity contribution in [3.63, 3.8) is 0 Å². The van der Waals surface area contributed by atoms with Crippen LogP contribution in [0.1, 0.15) is 23.1 Å². The van der Waals surface area contributed by atoms with Crippen LogP contribution in [0.3, 0.4) is 0 Å². The number of piperidine rings is 1. The predicted molar refractivity (Wildman–Crippen MR) is 94.2 cm³/mol. The number of H-pyrrole nitrogens is 1. The quantitative estimate of drug-likeness (QED) is 0.752. The van der Waals surface area contributed by atoms with Gasteiger partial charge in [-0.05, 0) is 29.8 Å². The molecule has 0 aliphatic carbocycles. The molecule has 4 nitrogen and oxygen atoms in total. The number of nitrogens with one attached hydrogen (secondary N) is 2. The van der Waals surface area contributed by atoms with Crippen LogP contribution < -0.4 is 10.1 Å². The van der Waals surface area contributed by atoms with Crippen LogP contribution in [0.15, 0.2) is 61.1 Å². The molecule has 2 heterocycles. The fraction of sp³-hybridized carbons (Fsp3) is 0.250. The second kappa shape index (κ2) is 7.25. The van der Waals surface area contributed by atoms with E-state index in [0.29, 0.717) is 18.7 Å². The Labute approximate surface area is 150 Å². The number of halogens is 2. The highest BCUT2D eigenvalue weighted by Gasteiger charge is 2.38. The van der Waals surface area contributed by atoms with Crippen LogP contribution in [0.25, 0.3) is 0 Å². The Morgan fingerprint density at radius 1 is 1.00 bits per heavy atom. The van der Waals surface area contributed by atoms with Crippen molar-refractivity contribution in [1.29, 1.82) is 0 Å². The molecule has 0 spiro atoms. The number of hydrogen-bond donors (Lipinski definition) is 2. The van der Waals surface area contributed by atoms with E-state index in [4.69, 9.17) is 4.74 Å². The highest BCUT2D eigenvalue weighted by molar-refractivity contribution is 5.30. The molecule has 134 valence electrons. The van der Waals surface area contributed by atoms with Crippen LogP contribution in [0.4, 0.5) is 8.78 Å². The Hall–Kier alpha value is -2.73. The summed E-state index contributed by atoms with van der Waals surface area (Å²) < 4.78 is 33.8. The molecular weight excluding hydrogens is 336 g/mol. The van der Waals surface area contributed by atoms with Gasteiger partial charge in [-0.1, -0.05) is 18.2 Å².